The standard InChI is InChI=1S/C38H54F2O3/c1-3-5-6-7-8-9-10-11-12-15-29-42-35-28-27-34(36(39)37(35)40)38(41)43-33-25-23-32(24-26-33)18-14-13-17-31-21-19-30(16-4-2)20-22-31/h13,17,23-28,30-31H,3-12,14-16,18-22,29H2,1-2H3. The number of unbranched alkanes of at least 4 members (excludes halogenated alkanes) is 9. The molecule has 3 rings (SSSR count). The van der Waals surface area contributed by atoms with Gasteiger partial charge in [-0.1, -0.05) is 109 Å². The van der Waals surface area contributed by atoms with Gasteiger partial charge in [0.15, 0.2) is 11.6 Å². The maximum Gasteiger partial charge on any atom is 0.346 e. The van der Waals surface area contributed by atoms with E-state index in [0.717, 1.165) is 43.6 Å². The van der Waals surface area contributed by atoms with Gasteiger partial charge in [0.1, 0.15) is 5.75 Å². The van der Waals surface area contributed by atoms with Crippen LogP contribution in [0.2, 0.25) is 0 Å². The molecule has 1 aliphatic carbocycles. The number of rotatable bonds is 20. The number of esters is 1. The van der Waals surface area contributed by atoms with Crippen molar-refractivity contribution in [1.29, 1.82) is 0 Å². The van der Waals surface area contributed by atoms with E-state index in [0.29, 0.717) is 18.3 Å². The summed E-state index contributed by atoms with van der Waals surface area (Å²) in [5, 5.41) is 0. The number of carbonyl (C=O) groups excluding carboxylic acids is 1. The fourth-order valence-electron chi connectivity index (χ4n) is 6.07. The minimum absolute atomic E-state index is 0.174. The number of hydrogen-bond donors (Lipinski definition) is 0. The van der Waals surface area contributed by atoms with Crippen LogP contribution in [0.4, 0.5) is 8.78 Å². The lowest BCUT2D eigenvalue weighted by atomic mass is 9.80. The molecule has 0 amide bonds. The van der Waals surface area contributed by atoms with Gasteiger partial charge in [-0.2, -0.15) is 4.39 Å². The Morgan fingerprint density at radius 2 is 1.44 bits per heavy atom. The van der Waals surface area contributed by atoms with Crippen LogP contribution in [-0.4, -0.2) is 12.6 Å². The van der Waals surface area contributed by atoms with Crippen LogP contribution in [0, 0.1) is 23.5 Å². The quantitative estimate of drug-likeness (QED) is 0.0660. The Kier molecular flexibility index (Phi) is 16.4. The predicted molar refractivity (Wildman–Crippen MR) is 173 cm³/mol. The molecule has 0 aliphatic heterocycles. The van der Waals surface area contributed by atoms with Crippen LogP contribution in [0.25, 0.3) is 0 Å². The smallest absolute Gasteiger partial charge is 0.346 e. The molecular formula is C38H54F2O3. The van der Waals surface area contributed by atoms with Crippen LogP contribution in [0.3, 0.4) is 0 Å². The SMILES string of the molecule is CCCCCCCCCCCCOc1ccc(C(=O)Oc2ccc(CCC=CC3CCC(CCC)CC3)cc2)c(F)c1F. The molecule has 43 heavy (non-hydrogen) atoms. The molecule has 1 fully saturated rings. The third kappa shape index (κ3) is 12.8. The summed E-state index contributed by atoms with van der Waals surface area (Å²) in [6.07, 6.45) is 26.4. The zero-order chi connectivity index (χ0) is 30.7. The summed E-state index contributed by atoms with van der Waals surface area (Å²) >= 11 is 0. The Morgan fingerprint density at radius 3 is 2.09 bits per heavy atom. The molecule has 0 spiro atoms. The fourth-order valence-corrected chi connectivity index (χ4v) is 6.07. The van der Waals surface area contributed by atoms with Crippen molar-refractivity contribution < 1.29 is 23.0 Å². The van der Waals surface area contributed by atoms with Crippen LogP contribution >= 0.6 is 0 Å². The van der Waals surface area contributed by atoms with Crippen molar-refractivity contribution >= 4 is 5.97 Å². The number of allylic oxidation sites excluding steroid dienone is 2. The second-order valence-electron chi connectivity index (χ2n) is 12.3. The van der Waals surface area contributed by atoms with Crippen LogP contribution in [0.1, 0.15) is 139 Å². The molecule has 0 atom stereocenters. The van der Waals surface area contributed by atoms with Crippen molar-refractivity contribution in [3.63, 3.8) is 0 Å². The van der Waals surface area contributed by atoms with Gasteiger partial charge < -0.3 is 9.47 Å². The highest BCUT2D eigenvalue weighted by atomic mass is 19.2. The Hall–Kier alpha value is -2.69. The minimum atomic E-state index is -1.24. The van der Waals surface area contributed by atoms with Crippen LogP contribution < -0.4 is 9.47 Å². The number of halogens is 2. The third-order valence-corrected chi connectivity index (χ3v) is 8.75. The number of benzene rings is 2. The average Bonchev–Trinajstić information content (AvgIpc) is 3.02. The number of hydrogen-bond acceptors (Lipinski definition) is 3. The molecule has 3 nitrogen and oxygen atoms in total. The van der Waals surface area contributed by atoms with Crippen molar-refractivity contribution in [1.82, 2.24) is 0 Å². The summed E-state index contributed by atoms with van der Waals surface area (Å²) in [4.78, 5) is 12.6. The molecule has 238 valence electrons. The third-order valence-electron chi connectivity index (χ3n) is 8.75. The maximum atomic E-state index is 14.7. The van der Waals surface area contributed by atoms with Gasteiger partial charge in [-0.25, -0.2) is 9.18 Å². The molecule has 0 saturated heterocycles. The normalized spacial score (nSPS) is 16.9. The van der Waals surface area contributed by atoms with Gasteiger partial charge in [-0.05, 0) is 86.6 Å². The second kappa shape index (κ2) is 20.3. The molecular weight excluding hydrogens is 542 g/mol. The van der Waals surface area contributed by atoms with Gasteiger partial charge in [0, 0.05) is 0 Å². The highest BCUT2D eigenvalue weighted by molar-refractivity contribution is 5.91. The van der Waals surface area contributed by atoms with Gasteiger partial charge in [0.25, 0.3) is 0 Å². The molecule has 0 unspecified atom stereocenters. The summed E-state index contributed by atoms with van der Waals surface area (Å²) in [5.41, 5.74) is 0.693. The largest absolute Gasteiger partial charge is 0.490 e. The number of carbonyl (C=O) groups is 1. The first-order valence-corrected chi connectivity index (χ1v) is 17.1. The van der Waals surface area contributed by atoms with Crippen LogP contribution in [0.5, 0.6) is 11.5 Å². The lowest BCUT2D eigenvalue weighted by molar-refractivity contribution is 0.0728. The van der Waals surface area contributed by atoms with E-state index in [1.807, 2.05) is 12.1 Å². The van der Waals surface area contributed by atoms with E-state index in [9.17, 15) is 13.6 Å². The van der Waals surface area contributed by atoms with Gasteiger partial charge in [0.2, 0.25) is 5.82 Å². The van der Waals surface area contributed by atoms with Gasteiger partial charge in [-0.3, -0.25) is 0 Å². The summed E-state index contributed by atoms with van der Waals surface area (Å²) in [6.45, 7) is 4.82. The minimum Gasteiger partial charge on any atom is -0.490 e. The molecule has 0 aromatic heterocycles. The van der Waals surface area contributed by atoms with E-state index in [1.54, 1.807) is 12.1 Å². The average molecular weight is 597 g/mol. The van der Waals surface area contributed by atoms with E-state index in [-0.39, 0.29) is 5.75 Å². The Labute approximate surface area is 259 Å². The molecule has 5 heteroatoms. The monoisotopic (exact) mass is 596 g/mol. The maximum absolute atomic E-state index is 14.7. The first-order valence-electron chi connectivity index (χ1n) is 17.1. The fraction of sp³-hybridized carbons (Fsp3) is 0.605. The van der Waals surface area contributed by atoms with Gasteiger partial charge in [0.05, 0.1) is 12.2 Å². The van der Waals surface area contributed by atoms with Crippen molar-refractivity contribution in [3.05, 3.63) is 71.3 Å². The first-order chi connectivity index (χ1) is 21.0. The molecule has 0 heterocycles. The van der Waals surface area contributed by atoms with Crippen molar-refractivity contribution in [3.8, 4) is 11.5 Å². The molecule has 0 radical (unpaired) electrons. The summed E-state index contributed by atoms with van der Waals surface area (Å²) < 4.78 is 40.1. The molecule has 2 aromatic carbocycles. The lowest BCUT2D eigenvalue weighted by Crippen LogP contribution is -2.13. The van der Waals surface area contributed by atoms with Gasteiger partial charge >= 0.3 is 5.97 Å². The number of ether oxygens (including phenoxy) is 2. The van der Waals surface area contributed by atoms with E-state index >= 15 is 0 Å². The van der Waals surface area contributed by atoms with Crippen molar-refractivity contribution in [2.45, 2.75) is 129 Å². The molecule has 0 N–H and O–H groups in total. The Morgan fingerprint density at radius 1 is 0.791 bits per heavy atom. The molecule has 1 saturated carbocycles. The summed E-state index contributed by atoms with van der Waals surface area (Å²) in [5.74, 6) is -1.56. The summed E-state index contributed by atoms with van der Waals surface area (Å²) in [6, 6.07) is 9.75. The Balaban J connectivity index is 1.35. The van der Waals surface area contributed by atoms with E-state index in [2.05, 4.69) is 26.0 Å². The topological polar surface area (TPSA) is 35.5 Å². The lowest BCUT2D eigenvalue weighted by Gasteiger charge is -2.26. The predicted octanol–water partition coefficient (Wildman–Crippen LogP) is 11.6. The van der Waals surface area contributed by atoms with Crippen LogP contribution in [0.15, 0.2) is 48.6 Å². The zero-order valence-electron chi connectivity index (χ0n) is 26.7. The Bertz CT molecular complexity index is 1090. The molecule has 0 bridgehead atoms. The highest BCUT2D eigenvalue weighted by Gasteiger charge is 2.21. The van der Waals surface area contributed by atoms with Crippen molar-refractivity contribution in [2.24, 2.45) is 11.8 Å². The second-order valence-corrected chi connectivity index (χ2v) is 12.3. The van der Waals surface area contributed by atoms with Crippen LogP contribution in [-0.2, 0) is 6.42 Å². The first kappa shape index (κ1) is 34.8. The van der Waals surface area contributed by atoms with Crippen molar-refractivity contribution in [2.75, 3.05) is 6.61 Å². The van der Waals surface area contributed by atoms with E-state index < -0.39 is 23.2 Å². The zero-order valence-corrected chi connectivity index (χ0v) is 26.7. The van der Waals surface area contributed by atoms with E-state index in [4.69, 9.17) is 9.47 Å². The molecule has 1 aliphatic rings. The van der Waals surface area contributed by atoms with Gasteiger partial charge in [-0.15, -0.1) is 0 Å². The highest BCUT2D eigenvalue weighted by Crippen LogP contribution is 2.32. The summed E-state index contributed by atoms with van der Waals surface area (Å²) in [7, 11) is 0. The van der Waals surface area contributed by atoms with E-state index in [1.165, 1.54) is 95.6 Å². The number of aryl methyl sites for hydroxylation is 1. The molecule has 2 aromatic rings.